The molecule has 0 aliphatic carbocycles. The second-order valence-electron chi connectivity index (χ2n) is 7.20. The number of Topliss-reactive ketones (excluding diaryl/α,β-unsaturated/α-hetero) is 2. The number of halogens is 3. The van der Waals surface area contributed by atoms with E-state index in [-0.39, 0.29) is 48.4 Å². The van der Waals surface area contributed by atoms with Gasteiger partial charge in [-0.2, -0.15) is 0 Å². The van der Waals surface area contributed by atoms with Gasteiger partial charge in [0.1, 0.15) is 5.75 Å². The summed E-state index contributed by atoms with van der Waals surface area (Å²) < 4.78 is 33.6. The van der Waals surface area contributed by atoms with Crippen LogP contribution in [-0.4, -0.2) is 36.0 Å². The predicted molar refractivity (Wildman–Crippen MR) is 133 cm³/mol. The molecule has 0 aromatic heterocycles. The number of hydrogen-bond donors (Lipinski definition) is 2. The maximum atomic E-state index is 12.9. The Bertz CT molecular complexity index is 1540. The number of nitrogens with zero attached hydrogens (tertiary/aromatic N) is 1. The van der Waals surface area contributed by atoms with Gasteiger partial charge in [-0.25, -0.2) is 13.2 Å². The minimum absolute atomic E-state index is 0.0207. The lowest BCUT2D eigenvalue weighted by Crippen LogP contribution is -2.17. The molecular weight excluding hydrogens is 575 g/mol. The smallest absolute Gasteiger partial charge is 0.372 e. The minimum Gasteiger partial charge on any atom is -0.475 e. The highest BCUT2D eigenvalue weighted by Crippen LogP contribution is 2.41. The Morgan fingerprint density at radius 3 is 2.19 bits per heavy atom. The van der Waals surface area contributed by atoms with Gasteiger partial charge in [-0.05, 0) is 30.3 Å². The number of ether oxygens (including phenoxy) is 1. The van der Waals surface area contributed by atoms with Crippen molar-refractivity contribution in [1.29, 1.82) is 0 Å². The second kappa shape index (κ2) is 11.1. The molecule has 0 saturated heterocycles. The van der Waals surface area contributed by atoms with E-state index in [1.54, 1.807) is 0 Å². The van der Waals surface area contributed by atoms with Gasteiger partial charge in [-0.3, -0.25) is 24.4 Å². The third-order valence-corrected chi connectivity index (χ3v) is 6.83. The number of anilines is 1. The normalized spacial score (nSPS) is 11.0. The molecular formula is C22H13Cl3N2O9S. The lowest BCUT2D eigenvalue weighted by molar-refractivity contribution is -0.384. The van der Waals surface area contributed by atoms with Gasteiger partial charge in [0, 0.05) is 23.4 Å². The van der Waals surface area contributed by atoms with E-state index in [1.165, 1.54) is 24.3 Å². The molecule has 2 N–H and O–H groups in total. The van der Waals surface area contributed by atoms with Crippen molar-refractivity contribution < 1.29 is 37.6 Å². The van der Waals surface area contributed by atoms with Crippen LogP contribution in [0, 0.1) is 10.1 Å². The summed E-state index contributed by atoms with van der Waals surface area (Å²) in [4.78, 5) is 43.9. The third kappa shape index (κ3) is 6.74. The standard InChI is InChI=1S/C22H13Cl3N2O9S/c23-15-7-13(27(32)33)4-5-20(15)36-21-16(24)8-14(9-17(21)25)37(34,35)26-12-3-1-2-11(6-12)18(28)10-19(29)22(30)31/h1-9,26H,10H2,(H,30,31). The Balaban J connectivity index is 1.84. The van der Waals surface area contributed by atoms with Crippen molar-refractivity contribution in [1.82, 2.24) is 0 Å². The third-order valence-electron chi connectivity index (χ3n) is 4.62. The number of benzene rings is 3. The average molecular weight is 588 g/mol. The van der Waals surface area contributed by atoms with Crippen molar-refractivity contribution >= 4 is 73.7 Å². The molecule has 0 saturated carbocycles. The SMILES string of the molecule is O=C(O)C(=O)CC(=O)c1cccc(NS(=O)(=O)c2cc(Cl)c(Oc3ccc([N+](=O)[O-])cc3Cl)c(Cl)c2)c1. The van der Waals surface area contributed by atoms with E-state index < -0.39 is 38.9 Å². The van der Waals surface area contributed by atoms with E-state index >= 15 is 0 Å². The topological polar surface area (TPSA) is 170 Å². The zero-order valence-corrected chi connectivity index (χ0v) is 21.2. The summed E-state index contributed by atoms with van der Waals surface area (Å²) in [6.07, 6.45) is -0.892. The van der Waals surface area contributed by atoms with Gasteiger partial charge in [0.25, 0.3) is 15.7 Å². The second-order valence-corrected chi connectivity index (χ2v) is 10.1. The highest BCUT2D eigenvalue weighted by Gasteiger charge is 2.22. The van der Waals surface area contributed by atoms with Gasteiger partial charge in [0.05, 0.1) is 31.3 Å². The monoisotopic (exact) mass is 586 g/mol. The minimum atomic E-state index is -4.30. The van der Waals surface area contributed by atoms with Crippen LogP contribution in [-0.2, 0) is 19.6 Å². The highest BCUT2D eigenvalue weighted by atomic mass is 35.5. The summed E-state index contributed by atoms with van der Waals surface area (Å²) in [5.74, 6) is -4.06. The lowest BCUT2D eigenvalue weighted by Gasteiger charge is -2.14. The predicted octanol–water partition coefficient (Wildman–Crippen LogP) is 5.37. The first-order valence-corrected chi connectivity index (χ1v) is 12.4. The summed E-state index contributed by atoms with van der Waals surface area (Å²) in [7, 11) is -4.30. The molecule has 0 unspecified atom stereocenters. The van der Waals surface area contributed by atoms with Gasteiger partial charge >= 0.3 is 5.97 Å². The Kier molecular flexibility index (Phi) is 8.39. The molecule has 0 aliphatic heterocycles. The molecule has 0 atom stereocenters. The molecule has 0 spiro atoms. The quantitative estimate of drug-likeness (QED) is 0.104. The van der Waals surface area contributed by atoms with Crippen LogP contribution >= 0.6 is 34.8 Å². The van der Waals surface area contributed by atoms with Crippen molar-refractivity contribution in [2.45, 2.75) is 11.3 Å². The van der Waals surface area contributed by atoms with Crippen LogP contribution in [0.2, 0.25) is 15.1 Å². The fourth-order valence-corrected chi connectivity index (χ4v) is 4.89. The molecule has 3 rings (SSSR count). The van der Waals surface area contributed by atoms with Crippen molar-refractivity contribution in [2.24, 2.45) is 0 Å². The number of carboxylic acids is 1. The van der Waals surface area contributed by atoms with Crippen molar-refractivity contribution in [3.63, 3.8) is 0 Å². The lowest BCUT2D eigenvalue weighted by atomic mass is 10.1. The summed E-state index contributed by atoms with van der Waals surface area (Å²) in [5.41, 5.74) is -0.422. The van der Waals surface area contributed by atoms with Crippen LogP contribution in [0.5, 0.6) is 11.5 Å². The van der Waals surface area contributed by atoms with Crippen LogP contribution in [0.1, 0.15) is 16.8 Å². The van der Waals surface area contributed by atoms with E-state index in [4.69, 9.17) is 44.6 Å². The molecule has 15 heteroatoms. The molecule has 0 bridgehead atoms. The average Bonchev–Trinajstić information content (AvgIpc) is 2.81. The van der Waals surface area contributed by atoms with E-state index in [0.29, 0.717) is 0 Å². The van der Waals surface area contributed by atoms with Gasteiger partial charge in [0.2, 0.25) is 5.78 Å². The number of carbonyl (C=O) groups is 3. The van der Waals surface area contributed by atoms with E-state index in [0.717, 1.165) is 30.3 Å². The van der Waals surface area contributed by atoms with E-state index in [2.05, 4.69) is 4.72 Å². The number of hydrogen-bond acceptors (Lipinski definition) is 8. The molecule has 11 nitrogen and oxygen atoms in total. The van der Waals surface area contributed by atoms with Crippen LogP contribution in [0.25, 0.3) is 0 Å². The van der Waals surface area contributed by atoms with Gasteiger partial charge in [-0.1, -0.05) is 46.9 Å². The zero-order valence-electron chi connectivity index (χ0n) is 18.1. The van der Waals surface area contributed by atoms with Gasteiger partial charge in [-0.15, -0.1) is 0 Å². The Hall–Kier alpha value is -3.71. The fraction of sp³-hybridized carbons (Fsp3) is 0.0455. The number of carboxylic acid groups (broad SMARTS) is 1. The largest absolute Gasteiger partial charge is 0.475 e. The number of nitrogens with one attached hydrogen (secondary N) is 1. The number of nitro groups is 1. The molecule has 0 radical (unpaired) electrons. The maximum Gasteiger partial charge on any atom is 0.372 e. The Labute approximate surface area is 223 Å². The summed E-state index contributed by atoms with van der Waals surface area (Å²) in [6.45, 7) is 0. The first kappa shape index (κ1) is 27.9. The number of nitro benzene ring substituents is 1. The molecule has 0 amide bonds. The van der Waals surface area contributed by atoms with Crippen LogP contribution in [0.15, 0.2) is 59.5 Å². The highest BCUT2D eigenvalue weighted by molar-refractivity contribution is 7.92. The van der Waals surface area contributed by atoms with E-state index in [1.807, 2.05) is 0 Å². The number of carbonyl (C=O) groups excluding carboxylic acids is 2. The van der Waals surface area contributed by atoms with Crippen molar-refractivity contribution in [2.75, 3.05) is 4.72 Å². The van der Waals surface area contributed by atoms with Crippen molar-refractivity contribution in [3.05, 3.63) is 85.3 Å². The summed E-state index contributed by atoms with van der Waals surface area (Å²) in [6, 6.07) is 10.6. The van der Waals surface area contributed by atoms with Gasteiger partial charge < -0.3 is 9.84 Å². The summed E-state index contributed by atoms with van der Waals surface area (Å²) >= 11 is 18.4. The van der Waals surface area contributed by atoms with E-state index in [9.17, 15) is 32.9 Å². The van der Waals surface area contributed by atoms with Gasteiger partial charge in [0.15, 0.2) is 11.5 Å². The number of non-ortho nitro benzene ring substituents is 1. The number of sulfonamides is 1. The molecule has 37 heavy (non-hydrogen) atoms. The Morgan fingerprint density at radius 1 is 0.973 bits per heavy atom. The van der Waals surface area contributed by atoms with Crippen LogP contribution < -0.4 is 9.46 Å². The molecule has 3 aromatic carbocycles. The summed E-state index contributed by atoms with van der Waals surface area (Å²) in [5, 5.41) is 19.0. The Morgan fingerprint density at radius 2 is 1.62 bits per heavy atom. The molecule has 0 heterocycles. The maximum absolute atomic E-state index is 12.9. The first-order chi connectivity index (χ1) is 17.3. The zero-order chi connectivity index (χ0) is 27.5. The number of aliphatic carboxylic acids is 1. The number of ketones is 2. The first-order valence-electron chi connectivity index (χ1n) is 9.81. The van der Waals surface area contributed by atoms with Crippen LogP contribution in [0.4, 0.5) is 11.4 Å². The molecule has 3 aromatic rings. The van der Waals surface area contributed by atoms with Crippen LogP contribution in [0.3, 0.4) is 0 Å². The number of rotatable bonds is 10. The molecule has 192 valence electrons. The molecule has 0 aliphatic rings. The fourth-order valence-electron chi connectivity index (χ4n) is 2.88. The van der Waals surface area contributed by atoms with Crippen molar-refractivity contribution in [3.8, 4) is 11.5 Å². The molecule has 0 fully saturated rings.